The van der Waals surface area contributed by atoms with Gasteiger partial charge in [-0.15, -0.1) is 6.42 Å². The van der Waals surface area contributed by atoms with Crippen LogP contribution in [-0.2, 0) is 6.54 Å². The molecule has 1 aromatic carbocycles. The van der Waals surface area contributed by atoms with Crippen molar-refractivity contribution < 1.29 is 12.4 Å². The molecule has 0 aliphatic heterocycles. The molecule has 0 aliphatic carbocycles. The highest BCUT2D eigenvalue weighted by molar-refractivity contribution is 5.21. The fourth-order valence-corrected chi connectivity index (χ4v) is 0.985. The van der Waals surface area contributed by atoms with Gasteiger partial charge in [-0.1, -0.05) is 35.7 Å². The lowest BCUT2D eigenvalue weighted by Crippen LogP contribution is -3.00. The minimum Gasteiger partial charge on any atom is -1.00 e. The largest absolute Gasteiger partial charge is 1.00 e. The summed E-state index contributed by atoms with van der Waals surface area (Å²) in [6.45, 7) is 3.57. The molecule has 0 aromatic heterocycles. The Morgan fingerprint density at radius 1 is 1.31 bits per heavy atom. The summed E-state index contributed by atoms with van der Waals surface area (Å²) in [7, 11) is 0. The van der Waals surface area contributed by atoms with E-state index >= 15 is 0 Å². The minimum atomic E-state index is 0. The molecule has 0 heterocycles. The van der Waals surface area contributed by atoms with Gasteiger partial charge in [0.05, 0.1) is 6.54 Å². The molecular weight excluding hydrogens is 182 g/mol. The number of nitrogens with one attached hydrogen (secondary N) is 1. The van der Waals surface area contributed by atoms with E-state index in [9.17, 15) is 0 Å². The van der Waals surface area contributed by atoms with Gasteiger partial charge >= 0.3 is 0 Å². The molecule has 1 nitrogen and oxygen atoms in total. The average Bonchev–Trinajstić information content (AvgIpc) is 2.09. The van der Waals surface area contributed by atoms with E-state index in [4.69, 9.17) is 6.42 Å². The van der Waals surface area contributed by atoms with Crippen LogP contribution in [0.4, 0.5) is 0 Å². The van der Waals surface area contributed by atoms with Gasteiger partial charge < -0.3 is 17.7 Å². The minimum absolute atomic E-state index is 0. The van der Waals surface area contributed by atoms with Gasteiger partial charge in [-0.2, -0.15) is 0 Å². The van der Waals surface area contributed by atoms with E-state index in [0.29, 0.717) is 6.54 Å². The van der Waals surface area contributed by atoms with Crippen molar-refractivity contribution >= 4 is 0 Å². The Bertz CT molecular complexity index is 271. The number of terminal acetylenes is 1. The van der Waals surface area contributed by atoms with Crippen molar-refractivity contribution in [1.29, 1.82) is 0 Å². The second-order valence-corrected chi connectivity index (χ2v) is 2.79. The van der Waals surface area contributed by atoms with Crippen molar-refractivity contribution in [3.05, 3.63) is 35.4 Å². The molecule has 0 amide bonds. The standard InChI is InChI=1S/C11H13N.ClH/c1-3-8-12-9-11-6-4-10(2)5-7-11;/h1,4-7,12H,8-9H2,2H3;1H/p-1. The molecule has 0 spiro atoms. The Morgan fingerprint density at radius 3 is 2.46 bits per heavy atom. The van der Waals surface area contributed by atoms with Crippen molar-refractivity contribution in [2.45, 2.75) is 13.5 Å². The van der Waals surface area contributed by atoms with Crippen LogP contribution in [0.15, 0.2) is 24.3 Å². The third-order valence-electron chi connectivity index (χ3n) is 1.68. The second kappa shape index (κ2) is 6.54. The molecule has 0 unspecified atom stereocenters. The fraction of sp³-hybridized carbons (Fsp3) is 0.273. The Balaban J connectivity index is 0.00000144. The van der Waals surface area contributed by atoms with Crippen molar-refractivity contribution in [1.82, 2.24) is 5.32 Å². The normalized spacial score (nSPS) is 8.62. The highest BCUT2D eigenvalue weighted by Gasteiger charge is 1.89. The number of aryl methyl sites for hydroxylation is 1. The highest BCUT2D eigenvalue weighted by atomic mass is 35.5. The Hall–Kier alpha value is -0.970. The summed E-state index contributed by atoms with van der Waals surface area (Å²) in [5.74, 6) is 2.54. The molecule has 0 atom stereocenters. The lowest BCUT2D eigenvalue weighted by atomic mass is 10.1. The molecule has 0 fully saturated rings. The summed E-state index contributed by atoms with van der Waals surface area (Å²) >= 11 is 0. The van der Waals surface area contributed by atoms with Gasteiger partial charge in [0, 0.05) is 6.54 Å². The summed E-state index contributed by atoms with van der Waals surface area (Å²) in [6.07, 6.45) is 5.10. The van der Waals surface area contributed by atoms with Crippen LogP contribution < -0.4 is 17.7 Å². The van der Waals surface area contributed by atoms with Gasteiger partial charge in [0.1, 0.15) is 0 Å². The Kier molecular flexibility index (Phi) is 6.05. The SMILES string of the molecule is C#CCNCc1ccc(C)cc1.[Cl-]. The molecule has 0 aliphatic rings. The first kappa shape index (κ1) is 12.0. The third kappa shape index (κ3) is 4.57. The van der Waals surface area contributed by atoms with Gasteiger partial charge in [0.2, 0.25) is 0 Å². The molecule has 70 valence electrons. The van der Waals surface area contributed by atoms with E-state index in [1.807, 2.05) is 0 Å². The van der Waals surface area contributed by atoms with E-state index < -0.39 is 0 Å². The van der Waals surface area contributed by atoms with Crippen molar-refractivity contribution in [3.8, 4) is 12.3 Å². The topological polar surface area (TPSA) is 12.0 Å². The van der Waals surface area contributed by atoms with Crippen LogP contribution in [0, 0.1) is 19.3 Å². The van der Waals surface area contributed by atoms with Gasteiger partial charge in [-0.05, 0) is 12.5 Å². The van der Waals surface area contributed by atoms with Crippen LogP contribution in [0.1, 0.15) is 11.1 Å². The van der Waals surface area contributed by atoms with Crippen molar-refractivity contribution in [3.63, 3.8) is 0 Å². The zero-order valence-electron chi connectivity index (χ0n) is 7.68. The maximum Gasteiger partial charge on any atom is 0.0576 e. The van der Waals surface area contributed by atoms with Crippen molar-refractivity contribution in [2.75, 3.05) is 6.54 Å². The molecule has 0 saturated heterocycles. The summed E-state index contributed by atoms with van der Waals surface area (Å²) in [5.41, 5.74) is 2.56. The van der Waals surface area contributed by atoms with E-state index in [1.165, 1.54) is 11.1 Å². The third-order valence-corrected chi connectivity index (χ3v) is 1.68. The number of hydrogen-bond acceptors (Lipinski definition) is 1. The van der Waals surface area contributed by atoms with E-state index in [2.05, 4.69) is 42.4 Å². The lowest BCUT2D eigenvalue weighted by Gasteiger charge is -2.00. The van der Waals surface area contributed by atoms with Crippen LogP contribution in [0.3, 0.4) is 0 Å². The molecule has 1 aromatic rings. The Morgan fingerprint density at radius 2 is 1.92 bits per heavy atom. The molecule has 1 N–H and O–H groups in total. The van der Waals surface area contributed by atoms with Crippen LogP contribution in [0.5, 0.6) is 0 Å². The van der Waals surface area contributed by atoms with Crippen LogP contribution in [0.2, 0.25) is 0 Å². The average molecular weight is 195 g/mol. The van der Waals surface area contributed by atoms with Gasteiger partial charge in [-0.25, -0.2) is 0 Å². The lowest BCUT2D eigenvalue weighted by molar-refractivity contribution is -0.00000256. The molecule has 0 bridgehead atoms. The Labute approximate surface area is 86.0 Å². The summed E-state index contributed by atoms with van der Waals surface area (Å²) in [6, 6.07) is 8.43. The molecule has 1 rings (SSSR count). The van der Waals surface area contributed by atoms with Crippen LogP contribution in [0.25, 0.3) is 0 Å². The van der Waals surface area contributed by atoms with Crippen LogP contribution in [-0.4, -0.2) is 6.54 Å². The molecule has 13 heavy (non-hydrogen) atoms. The zero-order valence-corrected chi connectivity index (χ0v) is 8.43. The highest BCUT2D eigenvalue weighted by Crippen LogP contribution is 2.01. The smallest absolute Gasteiger partial charge is 0.0576 e. The number of benzene rings is 1. The molecule has 0 radical (unpaired) electrons. The number of rotatable bonds is 3. The van der Waals surface area contributed by atoms with E-state index in [1.54, 1.807) is 0 Å². The first-order valence-corrected chi connectivity index (χ1v) is 4.02. The summed E-state index contributed by atoms with van der Waals surface area (Å²) in [4.78, 5) is 0. The fourth-order valence-electron chi connectivity index (χ4n) is 0.985. The predicted molar refractivity (Wildman–Crippen MR) is 51.7 cm³/mol. The van der Waals surface area contributed by atoms with E-state index in [-0.39, 0.29) is 12.4 Å². The van der Waals surface area contributed by atoms with Gasteiger partial charge in [-0.3, -0.25) is 0 Å². The first-order valence-electron chi connectivity index (χ1n) is 4.02. The molecule has 0 saturated carbocycles. The first-order chi connectivity index (χ1) is 5.83. The second-order valence-electron chi connectivity index (χ2n) is 2.79. The van der Waals surface area contributed by atoms with Gasteiger partial charge in [0.25, 0.3) is 0 Å². The van der Waals surface area contributed by atoms with Gasteiger partial charge in [0.15, 0.2) is 0 Å². The monoisotopic (exact) mass is 194 g/mol. The number of halogens is 1. The molecule has 2 heteroatoms. The maximum absolute atomic E-state index is 5.10. The van der Waals surface area contributed by atoms with Crippen molar-refractivity contribution in [2.24, 2.45) is 0 Å². The number of hydrogen-bond donors (Lipinski definition) is 1. The summed E-state index contributed by atoms with van der Waals surface area (Å²) in [5, 5.41) is 3.13. The molecular formula is C11H13ClN-. The predicted octanol–water partition coefficient (Wildman–Crippen LogP) is -1.28. The quantitative estimate of drug-likeness (QED) is 0.467. The maximum atomic E-state index is 5.10. The van der Waals surface area contributed by atoms with Crippen LogP contribution >= 0.6 is 0 Å². The van der Waals surface area contributed by atoms with E-state index in [0.717, 1.165) is 6.54 Å². The zero-order chi connectivity index (χ0) is 8.81. The summed E-state index contributed by atoms with van der Waals surface area (Å²) < 4.78 is 0.